The van der Waals surface area contributed by atoms with Crippen molar-refractivity contribution >= 4 is 23.0 Å². The van der Waals surface area contributed by atoms with Crippen molar-refractivity contribution in [1.29, 1.82) is 0 Å². The summed E-state index contributed by atoms with van der Waals surface area (Å²) < 4.78 is 5.66. The molecule has 0 amide bonds. The molecule has 0 saturated heterocycles. The molecule has 3 N–H and O–H groups in total. The van der Waals surface area contributed by atoms with E-state index in [-0.39, 0.29) is 6.04 Å². The Morgan fingerprint density at radius 2 is 2.11 bits per heavy atom. The number of ether oxygens (including phenoxy) is 1. The molecule has 3 nitrogen and oxygen atoms in total. The maximum Gasteiger partial charge on any atom is 0.124 e. The van der Waals surface area contributed by atoms with Gasteiger partial charge in [-0.2, -0.15) is 0 Å². The number of benzene rings is 2. The second-order valence-corrected chi connectivity index (χ2v) is 5.14. The van der Waals surface area contributed by atoms with Gasteiger partial charge in [0.05, 0.1) is 16.8 Å². The Bertz CT molecular complexity index is 628. The predicted molar refractivity (Wildman–Crippen MR) is 78.9 cm³/mol. The largest absolute Gasteiger partial charge is 0.491 e. The number of anilines is 2. The van der Waals surface area contributed by atoms with Crippen LogP contribution in [0.15, 0.2) is 36.4 Å². The molecule has 3 rings (SSSR count). The van der Waals surface area contributed by atoms with Crippen molar-refractivity contribution in [2.24, 2.45) is 0 Å². The van der Waals surface area contributed by atoms with Crippen molar-refractivity contribution in [3.05, 3.63) is 52.5 Å². The van der Waals surface area contributed by atoms with Gasteiger partial charge in [-0.15, -0.1) is 0 Å². The van der Waals surface area contributed by atoms with Crippen molar-refractivity contribution in [1.82, 2.24) is 0 Å². The van der Waals surface area contributed by atoms with Crippen molar-refractivity contribution < 1.29 is 4.74 Å². The number of fused-ring (bicyclic) bond motifs is 1. The van der Waals surface area contributed by atoms with E-state index in [1.54, 1.807) is 0 Å². The summed E-state index contributed by atoms with van der Waals surface area (Å²) in [6, 6.07) is 12.0. The topological polar surface area (TPSA) is 47.3 Å². The van der Waals surface area contributed by atoms with Crippen LogP contribution < -0.4 is 15.8 Å². The molecule has 1 aliphatic rings. The normalized spacial score (nSPS) is 16.8. The van der Waals surface area contributed by atoms with Gasteiger partial charge in [0.15, 0.2) is 0 Å². The first kappa shape index (κ1) is 12.2. The summed E-state index contributed by atoms with van der Waals surface area (Å²) in [7, 11) is 0. The highest BCUT2D eigenvalue weighted by Crippen LogP contribution is 2.36. The van der Waals surface area contributed by atoms with Crippen molar-refractivity contribution in [3.8, 4) is 5.75 Å². The van der Waals surface area contributed by atoms with E-state index in [1.807, 2.05) is 37.3 Å². The Kier molecular flexibility index (Phi) is 2.99. The van der Waals surface area contributed by atoms with Gasteiger partial charge in [-0.05, 0) is 30.7 Å². The molecule has 1 unspecified atom stereocenters. The van der Waals surface area contributed by atoms with Crippen molar-refractivity contribution in [3.63, 3.8) is 0 Å². The molecule has 0 aromatic heterocycles. The molecule has 1 heterocycles. The van der Waals surface area contributed by atoms with Crippen LogP contribution in [0.25, 0.3) is 0 Å². The standard InChI is InChI=1S/C15H15ClN2O/c1-9-6-12(17)11(16)7-13(9)18-14-8-19-15-5-3-2-4-10(14)15/h2-7,14,18H,8,17H2,1H3. The Hall–Kier alpha value is -1.87. The van der Waals surface area contributed by atoms with E-state index in [0.717, 1.165) is 17.0 Å². The van der Waals surface area contributed by atoms with Crippen LogP contribution in [0.2, 0.25) is 5.02 Å². The van der Waals surface area contributed by atoms with Gasteiger partial charge < -0.3 is 15.8 Å². The third-order valence-corrected chi connectivity index (χ3v) is 3.70. The van der Waals surface area contributed by atoms with Crippen LogP contribution in [0.5, 0.6) is 5.75 Å². The summed E-state index contributed by atoms with van der Waals surface area (Å²) in [4.78, 5) is 0. The second-order valence-electron chi connectivity index (χ2n) is 4.73. The Morgan fingerprint density at radius 1 is 1.32 bits per heavy atom. The average Bonchev–Trinajstić information content (AvgIpc) is 2.80. The molecule has 0 spiro atoms. The lowest BCUT2D eigenvalue weighted by Gasteiger charge is -2.16. The number of rotatable bonds is 2. The van der Waals surface area contributed by atoms with Crippen LogP contribution in [-0.4, -0.2) is 6.61 Å². The number of nitrogens with one attached hydrogen (secondary N) is 1. The molecule has 2 aromatic rings. The second kappa shape index (κ2) is 4.67. The number of hydrogen-bond donors (Lipinski definition) is 2. The molecule has 1 aliphatic heterocycles. The molecule has 4 heteroatoms. The number of hydrogen-bond acceptors (Lipinski definition) is 3. The van der Waals surface area contributed by atoms with Crippen molar-refractivity contribution in [2.45, 2.75) is 13.0 Å². The molecule has 0 aliphatic carbocycles. The van der Waals surface area contributed by atoms with Crippen LogP contribution in [0.4, 0.5) is 11.4 Å². The Morgan fingerprint density at radius 3 is 2.95 bits per heavy atom. The lowest BCUT2D eigenvalue weighted by atomic mass is 10.1. The molecule has 1 atom stereocenters. The number of nitrogens with two attached hydrogens (primary N) is 1. The maximum absolute atomic E-state index is 6.08. The van der Waals surface area contributed by atoms with Gasteiger partial charge in [-0.25, -0.2) is 0 Å². The Balaban J connectivity index is 1.89. The SMILES string of the molecule is Cc1cc(N)c(Cl)cc1NC1COc2ccccc21. The van der Waals surface area contributed by atoms with Crippen molar-refractivity contribution in [2.75, 3.05) is 17.7 Å². The van der Waals surface area contributed by atoms with Crippen LogP contribution >= 0.6 is 11.6 Å². The van der Waals surface area contributed by atoms with Gasteiger partial charge >= 0.3 is 0 Å². The molecular formula is C15H15ClN2O. The molecule has 0 radical (unpaired) electrons. The molecule has 2 aromatic carbocycles. The lowest BCUT2D eigenvalue weighted by molar-refractivity contribution is 0.340. The molecule has 0 bridgehead atoms. The van der Waals surface area contributed by atoms with Crippen LogP contribution in [0, 0.1) is 6.92 Å². The number of aryl methyl sites for hydroxylation is 1. The summed E-state index contributed by atoms with van der Waals surface area (Å²) in [6.45, 7) is 2.64. The van der Waals surface area contributed by atoms with E-state index in [4.69, 9.17) is 22.1 Å². The minimum atomic E-state index is 0.148. The highest BCUT2D eigenvalue weighted by atomic mass is 35.5. The van der Waals surface area contributed by atoms with Gasteiger partial charge in [0.2, 0.25) is 0 Å². The number of para-hydroxylation sites is 1. The summed E-state index contributed by atoms with van der Waals surface area (Å²) in [6.07, 6.45) is 0. The van der Waals surface area contributed by atoms with Gasteiger partial charge in [0.1, 0.15) is 12.4 Å². The van der Waals surface area contributed by atoms with Gasteiger partial charge in [-0.3, -0.25) is 0 Å². The molecule has 19 heavy (non-hydrogen) atoms. The Labute approximate surface area is 117 Å². The fraction of sp³-hybridized carbons (Fsp3) is 0.200. The average molecular weight is 275 g/mol. The fourth-order valence-electron chi connectivity index (χ4n) is 2.33. The van der Waals surface area contributed by atoms with E-state index in [1.165, 1.54) is 5.56 Å². The first-order chi connectivity index (χ1) is 9.15. The van der Waals surface area contributed by atoms with Crippen LogP contribution in [0.3, 0.4) is 0 Å². The highest BCUT2D eigenvalue weighted by Gasteiger charge is 2.23. The first-order valence-corrected chi connectivity index (χ1v) is 6.57. The summed E-state index contributed by atoms with van der Waals surface area (Å²) in [5.41, 5.74) is 9.64. The van der Waals surface area contributed by atoms with Gasteiger partial charge in [0.25, 0.3) is 0 Å². The van der Waals surface area contributed by atoms with Gasteiger partial charge in [-0.1, -0.05) is 29.8 Å². The minimum absolute atomic E-state index is 0.148. The van der Waals surface area contributed by atoms with E-state index >= 15 is 0 Å². The zero-order valence-corrected chi connectivity index (χ0v) is 11.4. The van der Waals surface area contributed by atoms with Gasteiger partial charge in [0, 0.05) is 11.3 Å². The maximum atomic E-state index is 6.08. The zero-order chi connectivity index (χ0) is 13.4. The lowest BCUT2D eigenvalue weighted by Crippen LogP contribution is -2.13. The van der Waals surface area contributed by atoms with E-state index in [9.17, 15) is 0 Å². The van der Waals surface area contributed by atoms with E-state index in [2.05, 4.69) is 11.4 Å². The molecule has 0 saturated carbocycles. The van der Waals surface area contributed by atoms with E-state index < -0.39 is 0 Å². The zero-order valence-electron chi connectivity index (χ0n) is 10.6. The van der Waals surface area contributed by atoms with Crippen LogP contribution in [-0.2, 0) is 0 Å². The van der Waals surface area contributed by atoms with Crippen LogP contribution in [0.1, 0.15) is 17.2 Å². The minimum Gasteiger partial charge on any atom is -0.491 e. The van der Waals surface area contributed by atoms with E-state index in [0.29, 0.717) is 17.3 Å². The summed E-state index contributed by atoms with van der Waals surface area (Å²) in [5.74, 6) is 0.944. The predicted octanol–water partition coefficient (Wildman–Crippen LogP) is 3.78. The number of nitrogen functional groups attached to an aromatic ring is 1. The summed E-state index contributed by atoms with van der Waals surface area (Å²) in [5, 5.41) is 4.04. The fourth-order valence-corrected chi connectivity index (χ4v) is 2.49. The quantitative estimate of drug-likeness (QED) is 0.820. The monoisotopic (exact) mass is 274 g/mol. The highest BCUT2D eigenvalue weighted by molar-refractivity contribution is 6.33. The first-order valence-electron chi connectivity index (χ1n) is 6.19. The molecule has 98 valence electrons. The third-order valence-electron chi connectivity index (χ3n) is 3.37. The number of halogens is 1. The molecular weight excluding hydrogens is 260 g/mol. The summed E-state index contributed by atoms with van der Waals surface area (Å²) >= 11 is 6.08. The smallest absolute Gasteiger partial charge is 0.124 e. The third kappa shape index (κ3) is 2.22. The molecule has 0 fully saturated rings.